The molecule has 2 aromatic carbocycles. The van der Waals surface area contributed by atoms with E-state index in [-0.39, 0.29) is 22.6 Å². The summed E-state index contributed by atoms with van der Waals surface area (Å²) in [5.41, 5.74) is 1.64. The minimum atomic E-state index is -0.840. The van der Waals surface area contributed by atoms with Gasteiger partial charge in [-0.1, -0.05) is 35.6 Å². The van der Waals surface area contributed by atoms with Gasteiger partial charge in [0, 0.05) is 12.5 Å². The largest absolute Gasteiger partial charge is 0.493 e. The SMILES string of the molecule is CCOc1ccccc1/C=c1/sc2n(c1=O)C(c1ccc(OC(C)=O)c(OC)c1)C(C(=O)OC)=C(C)N=2. The highest BCUT2D eigenvalue weighted by Crippen LogP contribution is 2.36. The molecule has 0 saturated carbocycles. The van der Waals surface area contributed by atoms with E-state index in [4.69, 9.17) is 18.9 Å². The molecule has 10 heteroatoms. The van der Waals surface area contributed by atoms with E-state index in [1.165, 1.54) is 37.0 Å². The van der Waals surface area contributed by atoms with Gasteiger partial charge in [0.15, 0.2) is 16.3 Å². The molecule has 37 heavy (non-hydrogen) atoms. The summed E-state index contributed by atoms with van der Waals surface area (Å²) in [6, 6.07) is 11.5. The molecule has 0 bridgehead atoms. The topological polar surface area (TPSA) is 105 Å². The normalized spacial score (nSPS) is 15.1. The average molecular weight is 523 g/mol. The second kappa shape index (κ2) is 10.8. The van der Waals surface area contributed by atoms with Gasteiger partial charge in [-0.2, -0.15) is 0 Å². The van der Waals surface area contributed by atoms with Crippen LogP contribution >= 0.6 is 11.3 Å². The highest BCUT2D eigenvalue weighted by Gasteiger charge is 2.33. The van der Waals surface area contributed by atoms with Crippen LogP contribution in [0, 0.1) is 0 Å². The Bertz CT molecular complexity index is 1580. The predicted octanol–water partition coefficient (Wildman–Crippen LogP) is 2.74. The zero-order valence-corrected chi connectivity index (χ0v) is 21.9. The third-order valence-electron chi connectivity index (χ3n) is 5.69. The Morgan fingerprint density at radius 1 is 1.11 bits per heavy atom. The smallest absolute Gasteiger partial charge is 0.338 e. The Kier molecular flexibility index (Phi) is 7.58. The number of hydrogen-bond acceptors (Lipinski definition) is 9. The number of aromatic nitrogens is 1. The zero-order chi connectivity index (χ0) is 26.7. The number of carbonyl (C=O) groups excluding carboxylic acids is 2. The van der Waals surface area contributed by atoms with Crippen LogP contribution in [0.4, 0.5) is 0 Å². The number of fused-ring (bicyclic) bond motifs is 1. The summed E-state index contributed by atoms with van der Waals surface area (Å²) < 4.78 is 23.3. The van der Waals surface area contributed by atoms with E-state index in [1.54, 1.807) is 31.2 Å². The van der Waals surface area contributed by atoms with Gasteiger partial charge in [-0.05, 0) is 43.7 Å². The van der Waals surface area contributed by atoms with Gasteiger partial charge in [-0.15, -0.1) is 0 Å². The number of methoxy groups -OCH3 is 2. The average Bonchev–Trinajstić information content (AvgIpc) is 3.18. The van der Waals surface area contributed by atoms with Gasteiger partial charge in [0.1, 0.15) is 5.75 Å². The number of hydrogen-bond donors (Lipinski definition) is 0. The lowest BCUT2D eigenvalue weighted by Gasteiger charge is -2.25. The molecule has 1 atom stereocenters. The van der Waals surface area contributed by atoms with Crippen molar-refractivity contribution in [1.29, 1.82) is 0 Å². The highest BCUT2D eigenvalue weighted by atomic mass is 32.1. The number of esters is 2. The van der Waals surface area contributed by atoms with Crippen LogP contribution in [0.1, 0.15) is 37.9 Å². The van der Waals surface area contributed by atoms with Crippen molar-refractivity contribution >= 4 is 29.4 Å². The van der Waals surface area contributed by atoms with Gasteiger partial charge in [-0.3, -0.25) is 14.2 Å². The molecule has 1 unspecified atom stereocenters. The molecule has 0 saturated heterocycles. The molecule has 1 aliphatic rings. The van der Waals surface area contributed by atoms with Gasteiger partial charge in [0.2, 0.25) is 0 Å². The molecule has 192 valence electrons. The molecule has 9 nitrogen and oxygen atoms in total. The Labute approximate surface area is 216 Å². The number of thiazole rings is 1. The van der Waals surface area contributed by atoms with Gasteiger partial charge >= 0.3 is 11.9 Å². The van der Waals surface area contributed by atoms with E-state index in [2.05, 4.69) is 4.99 Å². The molecule has 0 aliphatic carbocycles. The maximum Gasteiger partial charge on any atom is 0.338 e. The summed E-state index contributed by atoms with van der Waals surface area (Å²) >= 11 is 1.21. The third kappa shape index (κ3) is 5.05. The minimum Gasteiger partial charge on any atom is -0.493 e. The first-order valence-corrected chi connectivity index (χ1v) is 12.3. The molecular formula is C27H26N2O7S. The summed E-state index contributed by atoms with van der Waals surface area (Å²) in [6.07, 6.45) is 1.76. The van der Waals surface area contributed by atoms with Crippen LogP contribution in [0.2, 0.25) is 0 Å². The first-order valence-electron chi connectivity index (χ1n) is 11.5. The fourth-order valence-corrected chi connectivity index (χ4v) is 5.17. The summed E-state index contributed by atoms with van der Waals surface area (Å²) in [4.78, 5) is 43.2. The zero-order valence-electron chi connectivity index (χ0n) is 21.1. The number of rotatable bonds is 7. The van der Waals surface area contributed by atoms with Gasteiger partial charge in [0.05, 0.1) is 42.7 Å². The number of benzene rings is 2. The van der Waals surface area contributed by atoms with Gasteiger partial charge in [0.25, 0.3) is 5.56 Å². The van der Waals surface area contributed by atoms with Crippen LogP contribution in [0.5, 0.6) is 17.2 Å². The van der Waals surface area contributed by atoms with E-state index < -0.39 is 18.0 Å². The molecule has 0 spiro atoms. The number of para-hydroxylation sites is 1. The molecule has 0 N–H and O–H groups in total. The van der Waals surface area contributed by atoms with Crippen LogP contribution in [-0.4, -0.2) is 37.3 Å². The van der Waals surface area contributed by atoms with Crippen LogP contribution in [0.15, 0.2) is 63.5 Å². The van der Waals surface area contributed by atoms with E-state index >= 15 is 0 Å². The molecule has 4 rings (SSSR count). The minimum absolute atomic E-state index is 0.221. The fourth-order valence-electron chi connectivity index (χ4n) is 4.13. The maximum atomic E-state index is 13.8. The predicted molar refractivity (Wildman–Crippen MR) is 138 cm³/mol. The first kappa shape index (κ1) is 25.9. The van der Waals surface area contributed by atoms with E-state index in [0.29, 0.717) is 33.0 Å². The van der Waals surface area contributed by atoms with Crippen molar-refractivity contribution in [2.24, 2.45) is 4.99 Å². The van der Waals surface area contributed by atoms with Crippen molar-refractivity contribution in [3.63, 3.8) is 0 Å². The van der Waals surface area contributed by atoms with Crippen molar-refractivity contribution in [3.8, 4) is 17.2 Å². The van der Waals surface area contributed by atoms with E-state index in [0.717, 1.165) is 5.56 Å². The maximum absolute atomic E-state index is 13.8. The molecule has 1 aliphatic heterocycles. The van der Waals surface area contributed by atoms with Crippen molar-refractivity contribution in [1.82, 2.24) is 4.57 Å². The molecule has 0 radical (unpaired) electrons. The molecule has 0 amide bonds. The second-order valence-corrected chi connectivity index (χ2v) is 9.06. The first-order chi connectivity index (χ1) is 17.8. The fraction of sp³-hybridized carbons (Fsp3) is 0.259. The highest BCUT2D eigenvalue weighted by molar-refractivity contribution is 7.07. The molecule has 1 aromatic heterocycles. The van der Waals surface area contributed by atoms with Crippen LogP contribution in [0.25, 0.3) is 6.08 Å². The number of carbonyl (C=O) groups is 2. The molecule has 0 fully saturated rings. The number of ether oxygens (including phenoxy) is 4. The Hall–Kier alpha value is -4.18. The number of allylic oxidation sites excluding steroid dienone is 1. The van der Waals surface area contributed by atoms with E-state index in [1.807, 2.05) is 31.2 Å². The van der Waals surface area contributed by atoms with Crippen molar-refractivity contribution in [2.75, 3.05) is 20.8 Å². The lowest BCUT2D eigenvalue weighted by atomic mass is 9.95. The molecular weight excluding hydrogens is 496 g/mol. The van der Waals surface area contributed by atoms with Gasteiger partial charge in [-0.25, -0.2) is 9.79 Å². The third-order valence-corrected chi connectivity index (χ3v) is 6.67. The Morgan fingerprint density at radius 2 is 1.86 bits per heavy atom. The second-order valence-electron chi connectivity index (χ2n) is 8.05. The summed E-state index contributed by atoms with van der Waals surface area (Å²) in [5.74, 6) is 0.0468. The van der Waals surface area contributed by atoms with Crippen LogP contribution in [-0.2, 0) is 14.3 Å². The monoisotopic (exact) mass is 522 g/mol. The van der Waals surface area contributed by atoms with Gasteiger partial charge < -0.3 is 18.9 Å². The van der Waals surface area contributed by atoms with Crippen molar-refractivity contribution in [3.05, 3.63) is 84.5 Å². The lowest BCUT2D eigenvalue weighted by Crippen LogP contribution is -2.39. The molecule has 3 aromatic rings. The molecule has 2 heterocycles. The van der Waals surface area contributed by atoms with E-state index in [9.17, 15) is 14.4 Å². The standard InChI is InChI=1S/C27H26N2O7S/c1-6-35-19-10-8-7-9-17(19)14-22-25(31)29-24(23(26(32)34-5)15(2)28-27(29)37-22)18-11-12-20(36-16(3)30)21(13-18)33-4/h7-14,24H,6H2,1-5H3/b22-14+. The van der Waals surface area contributed by atoms with Crippen LogP contribution in [0.3, 0.4) is 0 Å². The summed E-state index contributed by atoms with van der Waals surface area (Å²) in [6.45, 7) is 5.36. The quantitative estimate of drug-likeness (QED) is 0.347. The summed E-state index contributed by atoms with van der Waals surface area (Å²) in [7, 11) is 2.72. The van der Waals surface area contributed by atoms with Crippen molar-refractivity contribution < 1.29 is 28.5 Å². The lowest BCUT2D eigenvalue weighted by molar-refractivity contribution is -0.136. The Morgan fingerprint density at radius 3 is 2.54 bits per heavy atom. The van der Waals surface area contributed by atoms with Crippen molar-refractivity contribution in [2.45, 2.75) is 26.8 Å². The van der Waals surface area contributed by atoms with Crippen LogP contribution < -0.4 is 29.1 Å². The number of nitrogens with zero attached hydrogens (tertiary/aromatic N) is 2. The summed E-state index contributed by atoms with van der Waals surface area (Å²) in [5, 5.41) is 0. The Balaban J connectivity index is 1.95.